The Kier molecular flexibility index (Phi) is 6.69. The molecule has 0 unspecified atom stereocenters. The zero-order valence-electron chi connectivity index (χ0n) is 15.5. The van der Waals surface area contributed by atoms with Crippen molar-refractivity contribution in [3.8, 4) is 0 Å². The summed E-state index contributed by atoms with van der Waals surface area (Å²) in [6.07, 6.45) is 5.06. The third-order valence-corrected chi connectivity index (χ3v) is 5.20. The van der Waals surface area contributed by atoms with E-state index < -0.39 is 6.29 Å². The topological polar surface area (TPSA) is 59.0 Å². The molecule has 1 aromatic carbocycles. The summed E-state index contributed by atoms with van der Waals surface area (Å²) in [5, 5.41) is 9.30. The van der Waals surface area contributed by atoms with Gasteiger partial charge in [-0.15, -0.1) is 0 Å². The minimum atomic E-state index is -0.469. The van der Waals surface area contributed by atoms with Gasteiger partial charge in [-0.1, -0.05) is 30.3 Å². The highest BCUT2D eigenvalue weighted by molar-refractivity contribution is 5.92. The normalized spacial score (nSPS) is 25.7. The van der Waals surface area contributed by atoms with Gasteiger partial charge in [0.05, 0.1) is 0 Å². The molecule has 0 saturated carbocycles. The number of carbonyl (C=O) groups is 1. The number of benzene rings is 1. The van der Waals surface area contributed by atoms with Gasteiger partial charge in [0.15, 0.2) is 5.76 Å². The van der Waals surface area contributed by atoms with E-state index in [1.807, 2.05) is 36.1 Å². The highest BCUT2D eigenvalue weighted by Crippen LogP contribution is 2.39. The molecule has 142 valence electrons. The summed E-state index contributed by atoms with van der Waals surface area (Å²) in [5.74, 6) is 0.474. The number of likely N-dealkylation sites (tertiary alicyclic amines) is 1. The summed E-state index contributed by atoms with van der Waals surface area (Å²) in [5.41, 5.74) is 1.15. The van der Waals surface area contributed by atoms with Crippen LogP contribution in [0.4, 0.5) is 0 Å². The molecule has 2 heterocycles. The molecule has 3 rings (SSSR count). The average Bonchev–Trinajstić information content (AvgIpc) is 3.21. The van der Waals surface area contributed by atoms with Crippen LogP contribution in [0.3, 0.4) is 0 Å². The summed E-state index contributed by atoms with van der Waals surface area (Å²) in [4.78, 5) is 14.8. The molecule has 2 aliphatic rings. The Morgan fingerprint density at radius 2 is 2.00 bits per heavy atom. The third-order valence-electron chi connectivity index (χ3n) is 5.20. The quantitative estimate of drug-likeness (QED) is 0.813. The number of hydrogen-bond acceptors (Lipinski definition) is 4. The Bertz CT molecular complexity index is 610. The lowest BCUT2D eigenvalue weighted by Crippen LogP contribution is -2.39. The molecular weight excluding hydrogens is 330 g/mol. The van der Waals surface area contributed by atoms with Gasteiger partial charge < -0.3 is 19.5 Å². The van der Waals surface area contributed by atoms with Gasteiger partial charge in [0.2, 0.25) is 6.29 Å². The van der Waals surface area contributed by atoms with Crippen molar-refractivity contribution in [1.29, 1.82) is 0 Å². The number of aliphatic hydroxyl groups is 1. The number of amides is 1. The number of hydrogen-bond donors (Lipinski definition) is 1. The number of nitrogens with zero attached hydrogens (tertiary/aromatic N) is 1. The Morgan fingerprint density at radius 3 is 2.65 bits per heavy atom. The minimum absolute atomic E-state index is 0.0336. The Hall–Kier alpha value is -1.85. The number of allylic oxidation sites excluding steroid dienone is 1. The van der Waals surface area contributed by atoms with Crippen LogP contribution in [0.15, 0.2) is 42.2 Å². The number of aliphatic hydroxyl groups excluding tert-OH is 1. The molecule has 0 aromatic heterocycles. The van der Waals surface area contributed by atoms with E-state index in [0.29, 0.717) is 18.8 Å². The lowest BCUT2D eigenvalue weighted by atomic mass is 9.80. The number of carbonyl (C=O) groups excluding carboxylic acids is 1. The van der Waals surface area contributed by atoms with Gasteiger partial charge in [0, 0.05) is 38.1 Å². The fraction of sp³-hybridized carbons (Fsp3) is 0.571. The maximum Gasteiger partial charge on any atom is 0.288 e. The van der Waals surface area contributed by atoms with Crippen molar-refractivity contribution >= 4 is 5.91 Å². The fourth-order valence-corrected chi connectivity index (χ4v) is 3.89. The first-order chi connectivity index (χ1) is 12.7. The van der Waals surface area contributed by atoms with Crippen molar-refractivity contribution < 1.29 is 19.4 Å². The Balaban J connectivity index is 1.91. The highest BCUT2D eigenvalue weighted by atomic mass is 16.7. The largest absolute Gasteiger partial charge is 0.459 e. The van der Waals surface area contributed by atoms with E-state index in [4.69, 9.17) is 9.47 Å². The zero-order valence-corrected chi connectivity index (χ0v) is 15.5. The smallest absolute Gasteiger partial charge is 0.288 e. The van der Waals surface area contributed by atoms with E-state index in [9.17, 15) is 9.90 Å². The molecule has 1 N–H and O–H groups in total. The minimum Gasteiger partial charge on any atom is -0.459 e. The maximum absolute atomic E-state index is 12.9. The van der Waals surface area contributed by atoms with Gasteiger partial charge >= 0.3 is 0 Å². The van der Waals surface area contributed by atoms with Crippen LogP contribution >= 0.6 is 0 Å². The standard InChI is InChI=1S/C21H29NO4/c1-2-25-21-17(11-8-14-23)18(16-9-4-3-5-10-16)15-19(26-21)20(24)22-12-6-7-13-22/h3-5,9-10,15,17-18,21,23H,2,6-8,11-14H2,1H3/t17-,18+,21+/m0/s1. The van der Waals surface area contributed by atoms with Crippen molar-refractivity contribution in [3.63, 3.8) is 0 Å². The molecule has 0 spiro atoms. The average molecular weight is 359 g/mol. The summed E-state index contributed by atoms with van der Waals surface area (Å²) in [7, 11) is 0. The second kappa shape index (κ2) is 9.19. The monoisotopic (exact) mass is 359 g/mol. The van der Waals surface area contributed by atoms with E-state index in [1.54, 1.807) is 0 Å². The van der Waals surface area contributed by atoms with E-state index in [2.05, 4.69) is 12.1 Å². The van der Waals surface area contributed by atoms with Crippen LogP contribution in [0, 0.1) is 5.92 Å². The van der Waals surface area contributed by atoms with Crippen molar-refractivity contribution in [2.24, 2.45) is 5.92 Å². The summed E-state index contributed by atoms with van der Waals surface area (Å²) in [6, 6.07) is 10.2. The third kappa shape index (κ3) is 4.27. The van der Waals surface area contributed by atoms with E-state index in [-0.39, 0.29) is 24.3 Å². The molecular formula is C21H29NO4. The molecule has 1 amide bonds. The molecule has 1 aromatic rings. The lowest BCUT2D eigenvalue weighted by Gasteiger charge is -2.37. The molecule has 1 fully saturated rings. The maximum atomic E-state index is 12.9. The van der Waals surface area contributed by atoms with Crippen LogP contribution in [0.2, 0.25) is 0 Å². The molecule has 26 heavy (non-hydrogen) atoms. The first-order valence-electron chi connectivity index (χ1n) is 9.69. The first-order valence-corrected chi connectivity index (χ1v) is 9.69. The van der Waals surface area contributed by atoms with Gasteiger partial charge in [0.25, 0.3) is 5.91 Å². The molecule has 0 radical (unpaired) electrons. The van der Waals surface area contributed by atoms with Crippen LogP contribution < -0.4 is 0 Å². The van der Waals surface area contributed by atoms with Crippen LogP contribution in [0.1, 0.15) is 44.1 Å². The van der Waals surface area contributed by atoms with Crippen molar-refractivity contribution in [2.45, 2.75) is 44.8 Å². The second-order valence-electron chi connectivity index (χ2n) is 6.94. The number of ether oxygens (including phenoxy) is 2. The van der Waals surface area contributed by atoms with Crippen molar-refractivity contribution in [1.82, 2.24) is 4.90 Å². The van der Waals surface area contributed by atoms with Crippen molar-refractivity contribution in [3.05, 3.63) is 47.7 Å². The van der Waals surface area contributed by atoms with Crippen LogP contribution in [-0.4, -0.2) is 48.5 Å². The summed E-state index contributed by atoms with van der Waals surface area (Å²) in [6.45, 7) is 4.18. The molecule has 2 aliphatic heterocycles. The number of rotatable bonds is 7. The zero-order chi connectivity index (χ0) is 18.4. The van der Waals surface area contributed by atoms with Gasteiger partial charge in [-0.05, 0) is 44.2 Å². The molecule has 0 aliphatic carbocycles. The van der Waals surface area contributed by atoms with Crippen LogP contribution in [0.5, 0.6) is 0 Å². The van der Waals surface area contributed by atoms with Gasteiger partial charge in [-0.2, -0.15) is 0 Å². The van der Waals surface area contributed by atoms with Gasteiger partial charge in [-0.3, -0.25) is 4.79 Å². The van der Waals surface area contributed by atoms with Crippen LogP contribution in [0.25, 0.3) is 0 Å². The van der Waals surface area contributed by atoms with E-state index >= 15 is 0 Å². The van der Waals surface area contributed by atoms with Gasteiger partial charge in [0.1, 0.15) is 0 Å². The Labute approximate surface area is 155 Å². The molecule has 1 saturated heterocycles. The first kappa shape index (κ1) is 18.9. The lowest BCUT2D eigenvalue weighted by molar-refractivity contribution is -0.170. The predicted octanol–water partition coefficient (Wildman–Crippen LogP) is 3.06. The fourth-order valence-electron chi connectivity index (χ4n) is 3.89. The molecule has 5 nitrogen and oxygen atoms in total. The van der Waals surface area contributed by atoms with Crippen molar-refractivity contribution in [2.75, 3.05) is 26.3 Å². The van der Waals surface area contributed by atoms with E-state index in [1.165, 1.54) is 0 Å². The van der Waals surface area contributed by atoms with E-state index in [0.717, 1.165) is 37.9 Å². The predicted molar refractivity (Wildman–Crippen MR) is 99.4 cm³/mol. The molecule has 0 bridgehead atoms. The molecule has 3 atom stereocenters. The highest BCUT2D eigenvalue weighted by Gasteiger charge is 2.38. The summed E-state index contributed by atoms with van der Waals surface area (Å²) < 4.78 is 11.9. The van der Waals surface area contributed by atoms with Crippen LogP contribution in [-0.2, 0) is 14.3 Å². The Morgan fingerprint density at radius 1 is 1.27 bits per heavy atom. The SMILES string of the molecule is CCO[C@@H]1OC(C(=O)N2CCCC2)=C[C@H](c2ccccc2)[C@@H]1CCCO. The second-order valence-corrected chi connectivity index (χ2v) is 6.94. The van der Waals surface area contributed by atoms with Gasteiger partial charge in [-0.25, -0.2) is 0 Å². The molecule has 5 heteroatoms. The summed E-state index contributed by atoms with van der Waals surface area (Å²) >= 11 is 0.